The molecule has 2 unspecified atom stereocenters. The molecule has 2 atom stereocenters. The van der Waals surface area contributed by atoms with Crippen LogP contribution in [0, 0.1) is 11.8 Å². The molecule has 1 aliphatic heterocycles. The first-order chi connectivity index (χ1) is 7.13. The van der Waals surface area contributed by atoms with E-state index in [0.717, 1.165) is 11.8 Å². The lowest BCUT2D eigenvalue weighted by atomic mass is 10.0. The van der Waals surface area contributed by atoms with Gasteiger partial charge >= 0.3 is 0 Å². The van der Waals surface area contributed by atoms with Crippen molar-refractivity contribution in [3.8, 4) is 0 Å². The van der Waals surface area contributed by atoms with Gasteiger partial charge in [0.05, 0.1) is 0 Å². The molecule has 0 amide bonds. The Morgan fingerprint density at radius 3 is 2.67 bits per heavy atom. The maximum Gasteiger partial charge on any atom is 0.00618 e. The highest BCUT2D eigenvalue weighted by Gasteiger charge is 2.21. The summed E-state index contributed by atoms with van der Waals surface area (Å²) in [4.78, 5) is 2.60. The van der Waals surface area contributed by atoms with Crippen LogP contribution < -0.4 is 5.32 Å². The molecule has 1 heterocycles. The van der Waals surface area contributed by atoms with Gasteiger partial charge in [-0.3, -0.25) is 0 Å². The lowest BCUT2D eigenvalue weighted by Crippen LogP contribution is -2.35. The summed E-state index contributed by atoms with van der Waals surface area (Å²) in [6.07, 6.45) is 2.68. The number of nitrogens with one attached hydrogen (secondary N) is 1. The van der Waals surface area contributed by atoms with Crippen molar-refractivity contribution < 1.29 is 0 Å². The summed E-state index contributed by atoms with van der Waals surface area (Å²) >= 11 is 0. The van der Waals surface area contributed by atoms with Crippen molar-refractivity contribution in [1.82, 2.24) is 10.2 Å². The molecule has 0 spiro atoms. The molecule has 15 heavy (non-hydrogen) atoms. The molecule has 0 aromatic carbocycles. The Kier molecular flexibility index (Phi) is 5.62. The minimum absolute atomic E-state index is 0.658. The second-order valence-electron chi connectivity index (χ2n) is 5.40. The van der Waals surface area contributed by atoms with Gasteiger partial charge in [0.2, 0.25) is 0 Å². The highest BCUT2D eigenvalue weighted by molar-refractivity contribution is 4.78. The predicted octanol–water partition coefficient (Wildman–Crippen LogP) is 2.35. The van der Waals surface area contributed by atoms with Crippen molar-refractivity contribution in [2.45, 2.75) is 46.6 Å². The number of rotatable bonds is 6. The summed E-state index contributed by atoms with van der Waals surface area (Å²) < 4.78 is 0. The van der Waals surface area contributed by atoms with Gasteiger partial charge in [-0.1, -0.05) is 20.8 Å². The summed E-state index contributed by atoms with van der Waals surface area (Å²) in [6.45, 7) is 14.3. The third kappa shape index (κ3) is 4.52. The van der Waals surface area contributed by atoms with Gasteiger partial charge < -0.3 is 10.2 Å². The molecule has 0 aromatic heterocycles. The molecule has 2 heteroatoms. The SMILES string of the molecule is CCCN1CCC(CNC(C)C(C)C)C1. The highest BCUT2D eigenvalue weighted by atomic mass is 15.1. The highest BCUT2D eigenvalue weighted by Crippen LogP contribution is 2.15. The smallest absolute Gasteiger partial charge is 0.00618 e. The lowest BCUT2D eigenvalue weighted by molar-refractivity contribution is 0.315. The van der Waals surface area contributed by atoms with Crippen molar-refractivity contribution in [3.05, 3.63) is 0 Å². The minimum Gasteiger partial charge on any atom is -0.314 e. The molecule has 1 rings (SSSR count). The molecule has 0 radical (unpaired) electrons. The van der Waals surface area contributed by atoms with Crippen LogP contribution in [0.1, 0.15) is 40.5 Å². The third-order valence-corrected chi connectivity index (χ3v) is 3.64. The summed E-state index contributed by atoms with van der Waals surface area (Å²) in [5.41, 5.74) is 0. The number of hydrogen-bond donors (Lipinski definition) is 1. The van der Waals surface area contributed by atoms with Crippen LogP contribution in [0.3, 0.4) is 0 Å². The van der Waals surface area contributed by atoms with Crippen molar-refractivity contribution in [2.75, 3.05) is 26.2 Å². The number of likely N-dealkylation sites (tertiary alicyclic amines) is 1. The normalized spacial score (nSPS) is 25.0. The molecular weight excluding hydrogens is 184 g/mol. The molecule has 90 valence electrons. The Hall–Kier alpha value is -0.0800. The molecule has 1 N–H and O–H groups in total. The molecule has 0 bridgehead atoms. The first-order valence-corrected chi connectivity index (χ1v) is 6.59. The van der Waals surface area contributed by atoms with E-state index in [1.54, 1.807) is 0 Å². The summed E-state index contributed by atoms with van der Waals surface area (Å²) in [5, 5.41) is 3.66. The largest absolute Gasteiger partial charge is 0.314 e. The van der Waals surface area contributed by atoms with Crippen molar-refractivity contribution in [1.29, 1.82) is 0 Å². The van der Waals surface area contributed by atoms with Gasteiger partial charge in [0.15, 0.2) is 0 Å². The summed E-state index contributed by atoms with van der Waals surface area (Å²) in [7, 11) is 0. The Morgan fingerprint density at radius 1 is 1.33 bits per heavy atom. The van der Waals surface area contributed by atoms with Gasteiger partial charge in [0.25, 0.3) is 0 Å². The summed E-state index contributed by atoms with van der Waals surface area (Å²) in [6, 6.07) is 0.658. The molecule has 2 nitrogen and oxygen atoms in total. The molecule has 0 aromatic rings. The van der Waals surface area contributed by atoms with Gasteiger partial charge in [-0.25, -0.2) is 0 Å². The van der Waals surface area contributed by atoms with E-state index < -0.39 is 0 Å². The Balaban J connectivity index is 2.13. The van der Waals surface area contributed by atoms with E-state index in [1.807, 2.05) is 0 Å². The van der Waals surface area contributed by atoms with Gasteiger partial charge in [-0.2, -0.15) is 0 Å². The molecule has 1 saturated heterocycles. The van der Waals surface area contributed by atoms with E-state index in [0.29, 0.717) is 6.04 Å². The average Bonchev–Trinajstić information content (AvgIpc) is 2.62. The first-order valence-electron chi connectivity index (χ1n) is 6.59. The average molecular weight is 212 g/mol. The fraction of sp³-hybridized carbons (Fsp3) is 1.00. The third-order valence-electron chi connectivity index (χ3n) is 3.64. The van der Waals surface area contributed by atoms with Crippen molar-refractivity contribution in [2.24, 2.45) is 11.8 Å². The van der Waals surface area contributed by atoms with Crippen LogP contribution in [-0.2, 0) is 0 Å². The fourth-order valence-corrected chi connectivity index (χ4v) is 2.19. The molecule has 0 saturated carbocycles. The van der Waals surface area contributed by atoms with Crippen LogP contribution in [0.4, 0.5) is 0 Å². The Labute approximate surface area is 95.4 Å². The van der Waals surface area contributed by atoms with E-state index in [-0.39, 0.29) is 0 Å². The molecule has 0 aliphatic carbocycles. The second-order valence-corrected chi connectivity index (χ2v) is 5.40. The van der Waals surface area contributed by atoms with Crippen LogP contribution >= 0.6 is 0 Å². The zero-order valence-electron chi connectivity index (χ0n) is 10.9. The van der Waals surface area contributed by atoms with Crippen LogP contribution in [0.15, 0.2) is 0 Å². The topological polar surface area (TPSA) is 15.3 Å². The van der Waals surface area contributed by atoms with Gasteiger partial charge in [-0.15, -0.1) is 0 Å². The van der Waals surface area contributed by atoms with E-state index in [9.17, 15) is 0 Å². The van der Waals surface area contributed by atoms with Crippen molar-refractivity contribution in [3.63, 3.8) is 0 Å². The van der Waals surface area contributed by atoms with Gasteiger partial charge in [-0.05, 0) is 51.2 Å². The Bertz CT molecular complexity index is 168. The zero-order chi connectivity index (χ0) is 11.3. The van der Waals surface area contributed by atoms with E-state index in [4.69, 9.17) is 0 Å². The van der Waals surface area contributed by atoms with E-state index in [2.05, 4.69) is 37.9 Å². The lowest BCUT2D eigenvalue weighted by Gasteiger charge is -2.20. The molecule has 1 fully saturated rings. The fourth-order valence-electron chi connectivity index (χ4n) is 2.19. The molecular formula is C13H28N2. The first kappa shape index (κ1) is 13.0. The standard InChI is InChI=1S/C13H28N2/c1-5-7-15-8-6-13(10-15)9-14-12(4)11(2)3/h11-14H,5-10H2,1-4H3. The van der Waals surface area contributed by atoms with Gasteiger partial charge in [0.1, 0.15) is 0 Å². The predicted molar refractivity (Wildman–Crippen MR) is 67.1 cm³/mol. The maximum absolute atomic E-state index is 3.66. The van der Waals surface area contributed by atoms with Crippen LogP contribution in [0.25, 0.3) is 0 Å². The minimum atomic E-state index is 0.658. The monoisotopic (exact) mass is 212 g/mol. The Morgan fingerprint density at radius 2 is 2.07 bits per heavy atom. The number of nitrogens with zero attached hydrogens (tertiary/aromatic N) is 1. The molecule has 1 aliphatic rings. The van der Waals surface area contributed by atoms with Gasteiger partial charge in [0, 0.05) is 12.6 Å². The quantitative estimate of drug-likeness (QED) is 0.727. The van der Waals surface area contributed by atoms with Crippen LogP contribution in [0.5, 0.6) is 0 Å². The second kappa shape index (κ2) is 6.49. The number of hydrogen-bond acceptors (Lipinski definition) is 2. The van der Waals surface area contributed by atoms with Crippen LogP contribution in [0.2, 0.25) is 0 Å². The van der Waals surface area contributed by atoms with E-state index in [1.165, 1.54) is 39.0 Å². The van der Waals surface area contributed by atoms with Crippen LogP contribution in [-0.4, -0.2) is 37.1 Å². The zero-order valence-corrected chi connectivity index (χ0v) is 10.9. The van der Waals surface area contributed by atoms with E-state index >= 15 is 0 Å². The summed E-state index contributed by atoms with van der Waals surface area (Å²) in [5.74, 6) is 1.64. The maximum atomic E-state index is 3.66. The van der Waals surface area contributed by atoms with Crippen molar-refractivity contribution >= 4 is 0 Å².